The lowest BCUT2D eigenvalue weighted by Gasteiger charge is -2.08. The van der Waals surface area contributed by atoms with E-state index < -0.39 is 0 Å². The second kappa shape index (κ2) is 5.62. The van der Waals surface area contributed by atoms with Gasteiger partial charge in [-0.25, -0.2) is 15.0 Å². The summed E-state index contributed by atoms with van der Waals surface area (Å²) in [6.07, 6.45) is 5.62. The fourth-order valence-electron chi connectivity index (χ4n) is 1.85. The summed E-state index contributed by atoms with van der Waals surface area (Å²) in [6.45, 7) is 5.17. The summed E-state index contributed by atoms with van der Waals surface area (Å²) in [5.41, 5.74) is 2.01. The van der Waals surface area contributed by atoms with Gasteiger partial charge in [-0.15, -0.1) is 0 Å². The van der Waals surface area contributed by atoms with Crippen molar-refractivity contribution in [1.29, 1.82) is 0 Å². The van der Waals surface area contributed by atoms with E-state index in [-0.39, 0.29) is 0 Å². The predicted molar refractivity (Wildman–Crippen MR) is 72.5 cm³/mol. The largest absolute Gasteiger partial charge is 0.373 e. The molecule has 0 radical (unpaired) electrons. The van der Waals surface area contributed by atoms with E-state index in [1.54, 1.807) is 0 Å². The quantitative estimate of drug-likeness (QED) is 0.878. The molecule has 0 aliphatic rings. The molecule has 2 aromatic heterocycles. The molecule has 96 valence electrons. The first-order valence-electron chi connectivity index (χ1n) is 6.34. The van der Waals surface area contributed by atoms with Crippen LogP contribution in [0.15, 0.2) is 18.6 Å². The van der Waals surface area contributed by atoms with Gasteiger partial charge in [0.05, 0.1) is 12.5 Å². The van der Waals surface area contributed by atoms with Crippen molar-refractivity contribution in [3.8, 4) is 11.5 Å². The lowest BCUT2D eigenvalue weighted by molar-refractivity contribution is 0.681. The van der Waals surface area contributed by atoms with Crippen LogP contribution in [-0.2, 0) is 13.0 Å². The predicted octanol–water partition coefficient (Wildman–Crippen LogP) is 2.35. The minimum atomic E-state index is 0.740. The van der Waals surface area contributed by atoms with E-state index in [2.05, 4.69) is 38.7 Å². The van der Waals surface area contributed by atoms with Crippen LogP contribution in [0.2, 0.25) is 0 Å². The highest BCUT2D eigenvalue weighted by molar-refractivity contribution is 5.52. The first-order chi connectivity index (χ1) is 8.78. The average Bonchev–Trinajstić information content (AvgIpc) is 2.87. The third-order valence-corrected chi connectivity index (χ3v) is 2.80. The summed E-state index contributed by atoms with van der Waals surface area (Å²) in [7, 11) is 1.87. The molecule has 1 N–H and O–H groups in total. The summed E-state index contributed by atoms with van der Waals surface area (Å²) in [5, 5.41) is 3.07. The molecule has 0 amide bonds. The Kier molecular flexibility index (Phi) is 3.92. The number of rotatable bonds is 5. The first kappa shape index (κ1) is 12.5. The van der Waals surface area contributed by atoms with E-state index in [0.717, 1.165) is 42.4 Å². The molecule has 0 saturated heterocycles. The van der Waals surface area contributed by atoms with Crippen molar-refractivity contribution in [1.82, 2.24) is 19.5 Å². The number of imidazole rings is 1. The number of hydrogen-bond donors (Lipinski definition) is 1. The summed E-state index contributed by atoms with van der Waals surface area (Å²) in [5.74, 6) is 1.59. The molecule has 5 heteroatoms. The molecule has 5 nitrogen and oxygen atoms in total. The normalized spacial score (nSPS) is 10.6. The molecular formula is C13H19N5. The molecule has 2 aromatic rings. The molecule has 2 rings (SSSR count). The molecule has 18 heavy (non-hydrogen) atoms. The molecular weight excluding hydrogens is 226 g/mol. The lowest BCUT2D eigenvalue weighted by Crippen LogP contribution is -2.04. The molecule has 2 heterocycles. The van der Waals surface area contributed by atoms with Gasteiger partial charge in [0.2, 0.25) is 0 Å². The van der Waals surface area contributed by atoms with Crippen molar-refractivity contribution in [2.75, 3.05) is 12.4 Å². The van der Waals surface area contributed by atoms with E-state index in [0.29, 0.717) is 0 Å². The Bertz CT molecular complexity index is 496. The third-order valence-electron chi connectivity index (χ3n) is 2.80. The van der Waals surface area contributed by atoms with Crippen LogP contribution in [0.5, 0.6) is 0 Å². The zero-order chi connectivity index (χ0) is 13.0. The minimum absolute atomic E-state index is 0.740. The Labute approximate surface area is 107 Å². The maximum absolute atomic E-state index is 4.57. The van der Waals surface area contributed by atoms with Gasteiger partial charge in [-0.2, -0.15) is 0 Å². The summed E-state index contributed by atoms with van der Waals surface area (Å²) in [6, 6.07) is 1.98. The van der Waals surface area contributed by atoms with Gasteiger partial charge in [-0.1, -0.05) is 13.8 Å². The van der Waals surface area contributed by atoms with E-state index in [1.807, 2.05) is 25.6 Å². The molecule has 0 fully saturated rings. The van der Waals surface area contributed by atoms with Crippen LogP contribution in [0.1, 0.15) is 26.0 Å². The standard InChI is InChI=1S/C13H19N5/c1-4-6-18-9-15-8-11(18)13-16-10(5-2)7-12(14-3)17-13/h7-9H,4-6H2,1-3H3,(H,14,16,17). The van der Waals surface area contributed by atoms with Crippen molar-refractivity contribution < 1.29 is 0 Å². The van der Waals surface area contributed by atoms with E-state index in [4.69, 9.17) is 0 Å². The lowest BCUT2D eigenvalue weighted by atomic mass is 10.3. The van der Waals surface area contributed by atoms with Crippen LogP contribution < -0.4 is 5.32 Å². The molecule has 0 bridgehead atoms. The van der Waals surface area contributed by atoms with E-state index in [1.165, 1.54) is 0 Å². The summed E-state index contributed by atoms with van der Waals surface area (Å²) < 4.78 is 2.09. The highest BCUT2D eigenvalue weighted by Gasteiger charge is 2.10. The topological polar surface area (TPSA) is 55.6 Å². The number of nitrogens with zero attached hydrogens (tertiary/aromatic N) is 4. The van der Waals surface area contributed by atoms with Gasteiger partial charge >= 0.3 is 0 Å². The van der Waals surface area contributed by atoms with Crippen LogP contribution in [0.3, 0.4) is 0 Å². The Morgan fingerprint density at radius 2 is 2.11 bits per heavy atom. The molecule has 0 aromatic carbocycles. The second-order valence-corrected chi connectivity index (χ2v) is 4.14. The number of nitrogens with one attached hydrogen (secondary N) is 1. The van der Waals surface area contributed by atoms with Crippen LogP contribution >= 0.6 is 0 Å². The second-order valence-electron chi connectivity index (χ2n) is 4.14. The van der Waals surface area contributed by atoms with Crippen molar-refractivity contribution in [2.24, 2.45) is 0 Å². The minimum Gasteiger partial charge on any atom is -0.373 e. The number of aromatic nitrogens is 4. The molecule has 0 spiro atoms. The molecule has 0 unspecified atom stereocenters. The first-order valence-corrected chi connectivity index (χ1v) is 6.34. The van der Waals surface area contributed by atoms with Gasteiger partial charge in [0.1, 0.15) is 11.5 Å². The van der Waals surface area contributed by atoms with Crippen molar-refractivity contribution >= 4 is 5.82 Å². The highest BCUT2D eigenvalue weighted by atomic mass is 15.1. The Morgan fingerprint density at radius 3 is 2.78 bits per heavy atom. The molecule has 0 aliphatic carbocycles. The Hall–Kier alpha value is -1.91. The van der Waals surface area contributed by atoms with Gasteiger partial charge in [0.15, 0.2) is 5.82 Å². The Balaban J connectivity index is 2.45. The fourth-order valence-corrected chi connectivity index (χ4v) is 1.85. The third kappa shape index (κ3) is 2.50. The van der Waals surface area contributed by atoms with Crippen LogP contribution in [0.4, 0.5) is 5.82 Å². The summed E-state index contributed by atoms with van der Waals surface area (Å²) >= 11 is 0. The van der Waals surface area contributed by atoms with Gasteiger partial charge < -0.3 is 9.88 Å². The van der Waals surface area contributed by atoms with Gasteiger partial charge in [-0.3, -0.25) is 0 Å². The zero-order valence-electron chi connectivity index (χ0n) is 11.1. The molecule has 0 saturated carbocycles. The van der Waals surface area contributed by atoms with E-state index >= 15 is 0 Å². The van der Waals surface area contributed by atoms with Gasteiger partial charge in [0, 0.05) is 25.4 Å². The number of aryl methyl sites for hydroxylation is 2. The van der Waals surface area contributed by atoms with Crippen molar-refractivity contribution in [3.05, 3.63) is 24.3 Å². The summed E-state index contributed by atoms with van der Waals surface area (Å²) in [4.78, 5) is 13.3. The maximum atomic E-state index is 4.57. The van der Waals surface area contributed by atoms with E-state index in [9.17, 15) is 0 Å². The Morgan fingerprint density at radius 1 is 1.28 bits per heavy atom. The number of hydrogen-bond acceptors (Lipinski definition) is 4. The van der Waals surface area contributed by atoms with Crippen LogP contribution in [0.25, 0.3) is 11.5 Å². The van der Waals surface area contributed by atoms with Crippen LogP contribution in [-0.4, -0.2) is 26.6 Å². The van der Waals surface area contributed by atoms with Crippen molar-refractivity contribution in [2.45, 2.75) is 33.2 Å². The SMILES string of the molecule is CCCn1cncc1-c1nc(CC)cc(NC)n1. The highest BCUT2D eigenvalue weighted by Crippen LogP contribution is 2.18. The molecule has 0 atom stereocenters. The fraction of sp³-hybridized carbons (Fsp3) is 0.462. The van der Waals surface area contributed by atoms with Gasteiger partial charge in [0.25, 0.3) is 0 Å². The maximum Gasteiger partial charge on any atom is 0.180 e. The molecule has 0 aliphatic heterocycles. The monoisotopic (exact) mass is 245 g/mol. The smallest absolute Gasteiger partial charge is 0.180 e. The van der Waals surface area contributed by atoms with Gasteiger partial charge in [-0.05, 0) is 12.8 Å². The zero-order valence-corrected chi connectivity index (χ0v) is 11.1. The van der Waals surface area contributed by atoms with Crippen molar-refractivity contribution in [3.63, 3.8) is 0 Å². The van der Waals surface area contributed by atoms with Crippen LogP contribution in [0, 0.1) is 0 Å². The average molecular weight is 245 g/mol. The number of anilines is 1.